The summed E-state index contributed by atoms with van der Waals surface area (Å²) in [6.07, 6.45) is 2.70. The molecule has 1 unspecified atom stereocenters. The van der Waals surface area contributed by atoms with Gasteiger partial charge in [0, 0.05) is 24.1 Å². The molecule has 0 saturated carbocycles. The van der Waals surface area contributed by atoms with Crippen molar-refractivity contribution >= 4 is 39.1 Å². The Balaban J connectivity index is 1.83. The maximum Gasteiger partial charge on any atom is 0.338 e. The van der Waals surface area contributed by atoms with E-state index < -0.39 is 16.0 Å². The number of hydrogen-bond acceptors (Lipinski definition) is 7. The quantitative estimate of drug-likeness (QED) is 0.676. The van der Waals surface area contributed by atoms with Crippen molar-refractivity contribution in [3.05, 3.63) is 39.4 Å². The Bertz CT molecular complexity index is 945. The lowest BCUT2D eigenvalue weighted by Gasteiger charge is -2.32. The Hall–Kier alpha value is -1.55. The molecule has 0 spiro atoms. The molecule has 0 radical (unpaired) electrons. The number of hydrogen-bond donors (Lipinski definition) is 0. The monoisotopic (exact) mass is 429 g/mol. The van der Waals surface area contributed by atoms with E-state index in [0.29, 0.717) is 22.1 Å². The van der Waals surface area contributed by atoms with E-state index >= 15 is 0 Å². The molecule has 1 atom stereocenters. The van der Waals surface area contributed by atoms with Gasteiger partial charge in [0.1, 0.15) is 16.6 Å². The molecule has 0 N–H and O–H groups in total. The van der Waals surface area contributed by atoms with Gasteiger partial charge in [-0.1, -0.05) is 28.6 Å². The summed E-state index contributed by atoms with van der Waals surface area (Å²) in [6, 6.07) is 4.48. The maximum atomic E-state index is 13.0. The minimum absolute atomic E-state index is 0.0558. The van der Waals surface area contributed by atoms with E-state index in [0.717, 1.165) is 30.8 Å². The average molecular weight is 430 g/mol. The normalized spacial score (nSPS) is 18.4. The van der Waals surface area contributed by atoms with Gasteiger partial charge in [0.15, 0.2) is 0 Å². The zero-order valence-corrected chi connectivity index (χ0v) is 17.4. The third-order valence-electron chi connectivity index (χ3n) is 4.63. The van der Waals surface area contributed by atoms with Crippen LogP contribution in [0.1, 0.15) is 47.8 Å². The number of rotatable bonds is 5. The number of piperidine rings is 1. The number of aromatic nitrogens is 2. The highest BCUT2D eigenvalue weighted by Gasteiger charge is 2.31. The van der Waals surface area contributed by atoms with E-state index in [-0.39, 0.29) is 23.1 Å². The van der Waals surface area contributed by atoms with Gasteiger partial charge in [0.2, 0.25) is 10.0 Å². The van der Waals surface area contributed by atoms with Crippen molar-refractivity contribution in [2.45, 2.75) is 50.7 Å². The lowest BCUT2D eigenvalue weighted by atomic mass is 10.1. The summed E-state index contributed by atoms with van der Waals surface area (Å²) in [5.74, 6) is -0.625. The van der Waals surface area contributed by atoms with Crippen molar-refractivity contribution in [2.24, 2.45) is 0 Å². The van der Waals surface area contributed by atoms with Crippen molar-refractivity contribution in [1.82, 2.24) is 13.9 Å². The molecule has 3 rings (SSSR count). The van der Waals surface area contributed by atoms with E-state index in [2.05, 4.69) is 9.59 Å². The number of aryl methyl sites for hydroxylation is 1. The van der Waals surface area contributed by atoms with Gasteiger partial charge >= 0.3 is 5.97 Å². The fourth-order valence-corrected chi connectivity index (χ4v) is 5.37. The van der Waals surface area contributed by atoms with Crippen molar-refractivity contribution in [3.63, 3.8) is 0 Å². The van der Waals surface area contributed by atoms with Crippen LogP contribution in [0.3, 0.4) is 0 Å². The molecule has 1 aromatic heterocycles. The molecule has 1 aliphatic heterocycles. The van der Waals surface area contributed by atoms with Crippen LogP contribution < -0.4 is 0 Å². The summed E-state index contributed by atoms with van der Waals surface area (Å²) in [5, 5.41) is 3.79. The first kappa shape index (κ1) is 20.2. The summed E-state index contributed by atoms with van der Waals surface area (Å²) < 4.78 is 36.8. The van der Waals surface area contributed by atoms with Gasteiger partial charge in [-0.15, -0.1) is 5.10 Å². The molecule has 27 heavy (non-hydrogen) atoms. The minimum Gasteiger partial charge on any atom is -0.455 e. The molecule has 7 nitrogen and oxygen atoms in total. The highest BCUT2D eigenvalue weighted by molar-refractivity contribution is 7.89. The summed E-state index contributed by atoms with van der Waals surface area (Å²) in [7, 11) is -3.67. The summed E-state index contributed by atoms with van der Waals surface area (Å²) in [5.41, 5.74) is 1.21. The first-order chi connectivity index (χ1) is 12.8. The van der Waals surface area contributed by atoms with Gasteiger partial charge in [-0.3, -0.25) is 0 Å². The largest absolute Gasteiger partial charge is 0.455 e. The van der Waals surface area contributed by atoms with Crippen LogP contribution in [0, 0.1) is 6.92 Å². The van der Waals surface area contributed by atoms with E-state index in [1.54, 1.807) is 13.0 Å². The third kappa shape index (κ3) is 4.31. The molecule has 1 fully saturated rings. The van der Waals surface area contributed by atoms with Crippen LogP contribution >= 0.6 is 23.1 Å². The van der Waals surface area contributed by atoms with Gasteiger partial charge < -0.3 is 4.74 Å². The van der Waals surface area contributed by atoms with E-state index in [9.17, 15) is 13.2 Å². The second-order valence-electron chi connectivity index (χ2n) is 6.51. The van der Waals surface area contributed by atoms with Gasteiger partial charge in [0.05, 0.1) is 10.5 Å². The Kier molecular flexibility index (Phi) is 6.15. The molecular formula is C17H20ClN3O4S2. The first-order valence-corrected chi connectivity index (χ1v) is 11.2. The zero-order chi connectivity index (χ0) is 19.6. The molecule has 2 heterocycles. The van der Waals surface area contributed by atoms with Gasteiger partial charge in [-0.25, -0.2) is 13.2 Å². The lowest BCUT2D eigenvalue weighted by molar-refractivity contribution is 0.0466. The summed E-state index contributed by atoms with van der Waals surface area (Å²) in [4.78, 5) is 12.6. The maximum absolute atomic E-state index is 13.0. The van der Waals surface area contributed by atoms with Crippen molar-refractivity contribution in [2.75, 3.05) is 6.54 Å². The molecule has 146 valence electrons. The molecule has 1 aliphatic rings. The molecule has 1 saturated heterocycles. The van der Waals surface area contributed by atoms with E-state index in [1.165, 1.54) is 16.4 Å². The number of halogens is 1. The molecule has 0 aliphatic carbocycles. The fraction of sp³-hybridized carbons (Fsp3) is 0.471. The van der Waals surface area contributed by atoms with Crippen LogP contribution in [-0.2, 0) is 21.4 Å². The lowest BCUT2D eigenvalue weighted by Crippen LogP contribution is -2.41. The number of carbonyl (C=O) groups is 1. The van der Waals surface area contributed by atoms with Crippen LogP contribution in [0.15, 0.2) is 23.1 Å². The fourth-order valence-electron chi connectivity index (χ4n) is 3.04. The van der Waals surface area contributed by atoms with Gasteiger partial charge in [-0.2, -0.15) is 4.31 Å². The minimum atomic E-state index is -3.67. The number of nitrogens with zero attached hydrogens (tertiary/aromatic N) is 3. The van der Waals surface area contributed by atoms with Crippen molar-refractivity contribution in [3.8, 4) is 0 Å². The second-order valence-corrected chi connectivity index (χ2v) is 9.75. The van der Waals surface area contributed by atoms with Crippen LogP contribution in [0.2, 0.25) is 4.34 Å². The first-order valence-electron chi connectivity index (χ1n) is 8.57. The number of ether oxygens (including phenoxy) is 1. The Morgan fingerprint density at radius 2 is 2.19 bits per heavy atom. The van der Waals surface area contributed by atoms with E-state index in [1.807, 2.05) is 6.92 Å². The molecule has 10 heteroatoms. The molecular weight excluding hydrogens is 410 g/mol. The standard InChI is InChI=1S/C17H20ClN3O4S2/c1-11-6-7-13(27(23,24)21-8-4-3-5-12(21)2)9-14(11)17(22)25-10-15-16(18)26-20-19-15/h6-7,9,12H,3-5,8,10H2,1-2H3. The van der Waals surface area contributed by atoms with Crippen LogP contribution in [0.4, 0.5) is 0 Å². The van der Waals surface area contributed by atoms with Crippen molar-refractivity contribution < 1.29 is 17.9 Å². The zero-order valence-electron chi connectivity index (χ0n) is 15.0. The van der Waals surface area contributed by atoms with Crippen molar-refractivity contribution in [1.29, 1.82) is 0 Å². The Morgan fingerprint density at radius 1 is 1.41 bits per heavy atom. The average Bonchev–Trinajstić information content (AvgIpc) is 3.05. The third-order valence-corrected chi connectivity index (χ3v) is 7.62. The van der Waals surface area contributed by atoms with Gasteiger partial charge in [-0.05, 0) is 44.4 Å². The molecule has 0 amide bonds. The highest BCUT2D eigenvalue weighted by Crippen LogP contribution is 2.27. The molecule has 1 aromatic carbocycles. The number of sulfonamides is 1. The van der Waals surface area contributed by atoms with Crippen LogP contribution in [0.25, 0.3) is 0 Å². The SMILES string of the molecule is Cc1ccc(S(=O)(=O)N2CCCCC2C)cc1C(=O)OCc1nnsc1Cl. The number of esters is 1. The Labute approximate surface area is 167 Å². The predicted molar refractivity (Wildman–Crippen MR) is 102 cm³/mol. The Morgan fingerprint density at radius 3 is 2.85 bits per heavy atom. The highest BCUT2D eigenvalue weighted by atomic mass is 35.5. The molecule has 0 bridgehead atoms. The van der Waals surface area contributed by atoms with Gasteiger partial charge in [0.25, 0.3) is 0 Å². The smallest absolute Gasteiger partial charge is 0.338 e. The van der Waals surface area contributed by atoms with Crippen LogP contribution in [0.5, 0.6) is 0 Å². The molecule has 2 aromatic rings. The summed E-state index contributed by atoms with van der Waals surface area (Å²) >= 11 is 6.91. The number of benzene rings is 1. The number of carbonyl (C=O) groups excluding carboxylic acids is 1. The second kappa shape index (κ2) is 8.22. The van der Waals surface area contributed by atoms with Crippen LogP contribution in [-0.4, -0.2) is 40.9 Å². The van der Waals surface area contributed by atoms with E-state index in [4.69, 9.17) is 16.3 Å². The topological polar surface area (TPSA) is 89.5 Å². The predicted octanol–water partition coefficient (Wildman–Crippen LogP) is 3.42. The summed E-state index contributed by atoms with van der Waals surface area (Å²) in [6.45, 7) is 4.01.